The lowest BCUT2D eigenvalue weighted by Gasteiger charge is -2.26. The number of nitrogens with one attached hydrogen (secondary N) is 1. The molecule has 0 aliphatic carbocycles. The number of hydrogen-bond acceptors (Lipinski definition) is 5. The Morgan fingerprint density at radius 1 is 1.03 bits per heavy atom. The molecule has 7 heteroatoms. The largest absolute Gasteiger partial charge is 0.489 e. The topological polar surface area (TPSA) is 99.5 Å². The zero-order valence-corrected chi connectivity index (χ0v) is 19.7. The van der Waals surface area contributed by atoms with Gasteiger partial charge in [0.1, 0.15) is 17.9 Å². The van der Waals surface area contributed by atoms with Gasteiger partial charge in [-0.05, 0) is 60.9 Å². The Morgan fingerprint density at radius 3 is 2.50 bits per heavy atom. The van der Waals surface area contributed by atoms with Gasteiger partial charge < -0.3 is 4.74 Å². The van der Waals surface area contributed by atoms with E-state index in [0.717, 1.165) is 21.6 Å². The van der Waals surface area contributed by atoms with Crippen LogP contribution in [0, 0.1) is 18.3 Å². The Bertz CT molecular complexity index is 1430. The van der Waals surface area contributed by atoms with Crippen molar-refractivity contribution in [3.63, 3.8) is 0 Å². The molecule has 3 aromatic carbocycles. The fraction of sp³-hybridized carbons (Fsp3) is 0.103. The molecular weight excluding hydrogens is 454 g/mol. The van der Waals surface area contributed by atoms with Gasteiger partial charge in [-0.25, -0.2) is 9.69 Å². The Labute approximate surface area is 208 Å². The van der Waals surface area contributed by atoms with Crippen LogP contribution in [0.5, 0.6) is 5.75 Å². The molecule has 4 amide bonds. The van der Waals surface area contributed by atoms with Crippen LogP contribution >= 0.6 is 0 Å². The molecule has 0 atom stereocenters. The molecule has 36 heavy (non-hydrogen) atoms. The molecule has 0 aromatic heterocycles. The molecule has 0 bridgehead atoms. The average molecular weight is 478 g/mol. The highest BCUT2D eigenvalue weighted by atomic mass is 16.5. The van der Waals surface area contributed by atoms with Gasteiger partial charge in [-0.15, -0.1) is 6.58 Å². The van der Waals surface area contributed by atoms with Crippen LogP contribution in [0.3, 0.4) is 0 Å². The van der Waals surface area contributed by atoms with Crippen molar-refractivity contribution in [1.82, 2.24) is 5.32 Å². The zero-order valence-electron chi connectivity index (χ0n) is 19.7. The maximum atomic E-state index is 13.1. The number of aryl methyl sites for hydroxylation is 1. The second kappa shape index (κ2) is 10.5. The van der Waals surface area contributed by atoms with Gasteiger partial charge in [0, 0.05) is 5.56 Å². The fourth-order valence-electron chi connectivity index (χ4n) is 3.81. The molecule has 1 heterocycles. The van der Waals surface area contributed by atoms with E-state index in [2.05, 4.69) is 18.0 Å². The van der Waals surface area contributed by atoms with E-state index in [-0.39, 0.29) is 12.2 Å². The van der Waals surface area contributed by atoms with Crippen molar-refractivity contribution >= 4 is 29.6 Å². The van der Waals surface area contributed by atoms with E-state index in [1.165, 1.54) is 6.08 Å². The minimum atomic E-state index is -0.792. The van der Waals surface area contributed by atoms with Gasteiger partial charge >= 0.3 is 6.03 Å². The first-order valence-corrected chi connectivity index (χ1v) is 11.2. The summed E-state index contributed by atoms with van der Waals surface area (Å²) < 4.78 is 5.99. The van der Waals surface area contributed by atoms with E-state index in [4.69, 9.17) is 4.74 Å². The van der Waals surface area contributed by atoms with Gasteiger partial charge in [0.05, 0.1) is 17.3 Å². The molecule has 0 spiro atoms. The van der Waals surface area contributed by atoms with Crippen molar-refractivity contribution in [2.45, 2.75) is 20.0 Å². The van der Waals surface area contributed by atoms with E-state index in [9.17, 15) is 19.6 Å². The first-order valence-electron chi connectivity index (χ1n) is 11.2. The third-order valence-electron chi connectivity index (χ3n) is 5.67. The van der Waals surface area contributed by atoms with E-state index in [1.807, 2.05) is 19.1 Å². The molecular formula is C29H23N3O4. The number of rotatable bonds is 7. The summed E-state index contributed by atoms with van der Waals surface area (Å²) >= 11 is 0. The number of allylic oxidation sites excluding steroid dienone is 1. The number of ether oxygens (including phenoxy) is 1. The fourth-order valence-corrected chi connectivity index (χ4v) is 3.81. The number of nitrogens with zero attached hydrogens (tertiary/aromatic N) is 2. The lowest BCUT2D eigenvalue weighted by atomic mass is 10.0. The van der Waals surface area contributed by atoms with E-state index in [1.54, 1.807) is 60.7 Å². The molecule has 178 valence electrons. The van der Waals surface area contributed by atoms with Crippen molar-refractivity contribution in [2.24, 2.45) is 0 Å². The van der Waals surface area contributed by atoms with Gasteiger partial charge in [-0.2, -0.15) is 5.26 Å². The van der Waals surface area contributed by atoms with E-state index in [0.29, 0.717) is 29.0 Å². The van der Waals surface area contributed by atoms with Gasteiger partial charge in [-0.1, -0.05) is 48.0 Å². The summed E-state index contributed by atoms with van der Waals surface area (Å²) in [5, 5.41) is 11.5. The number of urea groups is 1. The number of carbonyl (C=O) groups excluding carboxylic acids is 3. The van der Waals surface area contributed by atoms with Crippen LogP contribution in [0.4, 0.5) is 10.5 Å². The normalized spacial score (nSPS) is 14.4. The van der Waals surface area contributed by atoms with Crippen LogP contribution in [0.2, 0.25) is 0 Å². The summed E-state index contributed by atoms with van der Waals surface area (Å²) in [5.41, 5.74) is 3.88. The van der Waals surface area contributed by atoms with Crippen molar-refractivity contribution < 1.29 is 19.1 Å². The number of imide groups is 2. The van der Waals surface area contributed by atoms with Gasteiger partial charge in [-0.3, -0.25) is 14.9 Å². The van der Waals surface area contributed by atoms with E-state index >= 15 is 0 Å². The monoisotopic (exact) mass is 477 g/mol. The van der Waals surface area contributed by atoms with Crippen molar-refractivity contribution in [3.05, 3.63) is 113 Å². The second-order valence-corrected chi connectivity index (χ2v) is 8.21. The van der Waals surface area contributed by atoms with Gasteiger partial charge in [0.2, 0.25) is 0 Å². The predicted molar refractivity (Wildman–Crippen MR) is 136 cm³/mol. The summed E-state index contributed by atoms with van der Waals surface area (Å²) in [6, 6.07) is 20.7. The molecule has 1 aliphatic rings. The summed E-state index contributed by atoms with van der Waals surface area (Å²) in [7, 11) is 0. The maximum Gasteiger partial charge on any atom is 0.335 e. The highest BCUT2D eigenvalue weighted by molar-refractivity contribution is 6.39. The zero-order chi connectivity index (χ0) is 25.7. The number of anilines is 1. The first-order chi connectivity index (χ1) is 17.4. The van der Waals surface area contributed by atoms with Crippen LogP contribution in [0.1, 0.15) is 27.8 Å². The summed E-state index contributed by atoms with van der Waals surface area (Å²) in [4.78, 5) is 39.0. The van der Waals surface area contributed by atoms with Crippen molar-refractivity contribution in [1.29, 1.82) is 5.26 Å². The van der Waals surface area contributed by atoms with Crippen LogP contribution < -0.4 is 15.0 Å². The standard InChI is InChI=1S/C29H23N3O4/c1-3-6-21-15-20(11-14-26(21)36-18-23-8-5-4-7-22(23)17-30)16-25-27(33)31-29(35)32(28(25)34)24-12-9-19(2)10-13-24/h3-5,7-16H,1,6,18H2,2H3,(H,31,33,35)/b25-16+. The molecule has 0 radical (unpaired) electrons. The minimum absolute atomic E-state index is 0.156. The maximum absolute atomic E-state index is 13.1. The highest BCUT2D eigenvalue weighted by Crippen LogP contribution is 2.26. The number of nitriles is 1. The molecule has 1 N–H and O–H groups in total. The Morgan fingerprint density at radius 2 is 1.78 bits per heavy atom. The smallest absolute Gasteiger partial charge is 0.335 e. The lowest BCUT2D eigenvalue weighted by Crippen LogP contribution is -2.54. The third kappa shape index (κ3) is 5.08. The highest BCUT2D eigenvalue weighted by Gasteiger charge is 2.36. The van der Waals surface area contributed by atoms with Crippen LogP contribution in [0.15, 0.2) is 85.0 Å². The minimum Gasteiger partial charge on any atom is -0.489 e. The predicted octanol–water partition coefficient (Wildman–Crippen LogP) is 4.84. The number of barbiturate groups is 1. The molecule has 3 aromatic rings. The third-order valence-corrected chi connectivity index (χ3v) is 5.67. The van der Waals surface area contributed by atoms with Crippen LogP contribution in [0.25, 0.3) is 6.08 Å². The Kier molecular flexibility index (Phi) is 7.07. The molecule has 7 nitrogen and oxygen atoms in total. The van der Waals surface area contributed by atoms with Crippen LogP contribution in [-0.4, -0.2) is 17.8 Å². The van der Waals surface area contributed by atoms with Gasteiger partial charge in [0.25, 0.3) is 11.8 Å². The molecule has 1 aliphatic heterocycles. The Balaban J connectivity index is 1.62. The number of benzene rings is 3. The number of hydrogen-bond donors (Lipinski definition) is 1. The van der Waals surface area contributed by atoms with Gasteiger partial charge in [0.15, 0.2) is 0 Å². The SMILES string of the molecule is C=CCc1cc(/C=C2\C(=O)NC(=O)N(c3ccc(C)cc3)C2=O)ccc1OCc1ccccc1C#N. The van der Waals surface area contributed by atoms with E-state index < -0.39 is 17.8 Å². The van der Waals surface area contributed by atoms with Crippen molar-refractivity contribution in [2.75, 3.05) is 4.90 Å². The van der Waals surface area contributed by atoms with Crippen LogP contribution in [-0.2, 0) is 22.6 Å². The Hall–Kier alpha value is -4.96. The molecule has 0 unspecified atom stereocenters. The summed E-state index contributed by atoms with van der Waals surface area (Å²) in [6.07, 6.45) is 3.66. The first kappa shape index (κ1) is 24.2. The molecule has 0 saturated carbocycles. The number of carbonyl (C=O) groups is 3. The second-order valence-electron chi connectivity index (χ2n) is 8.21. The molecule has 1 fully saturated rings. The molecule has 1 saturated heterocycles. The number of amides is 4. The molecule has 4 rings (SSSR count). The lowest BCUT2D eigenvalue weighted by molar-refractivity contribution is -0.122. The summed E-state index contributed by atoms with van der Waals surface area (Å²) in [5.74, 6) is -0.862. The summed E-state index contributed by atoms with van der Waals surface area (Å²) in [6.45, 7) is 5.90. The average Bonchev–Trinajstić information content (AvgIpc) is 2.87. The van der Waals surface area contributed by atoms with Crippen molar-refractivity contribution in [3.8, 4) is 11.8 Å². The quantitative estimate of drug-likeness (QED) is 0.298.